The Balaban J connectivity index is 1.39. The van der Waals surface area contributed by atoms with E-state index in [1.54, 1.807) is 7.11 Å². The van der Waals surface area contributed by atoms with E-state index in [0.29, 0.717) is 24.3 Å². The van der Waals surface area contributed by atoms with Gasteiger partial charge in [-0.2, -0.15) is 5.10 Å². The van der Waals surface area contributed by atoms with E-state index in [1.807, 2.05) is 48.9 Å². The molecule has 4 aromatic rings. The average Bonchev–Trinajstić information content (AvgIpc) is 3.40. The number of hydrogen-bond acceptors (Lipinski definition) is 5. The van der Waals surface area contributed by atoms with Crippen molar-refractivity contribution in [2.45, 2.75) is 52.0 Å². The molecular weight excluding hydrogens is 440 g/mol. The molecule has 0 spiro atoms. The zero-order valence-electron chi connectivity index (χ0n) is 20.6. The van der Waals surface area contributed by atoms with Gasteiger partial charge in [0.2, 0.25) is 0 Å². The summed E-state index contributed by atoms with van der Waals surface area (Å²) < 4.78 is 13.0. The third-order valence-corrected chi connectivity index (χ3v) is 7.16. The summed E-state index contributed by atoms with van der Waals surface area (Å²) in [7, 11) is 1.66. The molecule has 7 nitrogen and oxygen atoms in total. The molecule has 0 fully saturated rings. The Kier molecular flexibility index (Phi) is 5.93. The van der Waals surface area contributed by atoms with Gasteiger partial charge in [-0.3, -0.25) is 9.48 Å². The lowest BCUT2D eigenvalue weighted by Gasteiger charge is -2.33. The molecular formula is C28H30N4O3. The van der Waals surface area contributed by atoms with Gasteiger partial charge in [0.15, 0.2) is 5.69 Å². The van der Waals surface area contributed by atoms with Gasteiger partial charge in [-0.25, -0.2) is 0 Å². The minimum Gasteiger partial charge on any atom is -0.496 e. The monoisotopic (exact) mass is 470 g/mol. The number of aryl methyl sites for hydroxylation is 2. The van der Waals surface area contributed by atoms with Crippen molar-refractivity contribution in [3.8, 4) is 5.75 Å². The topological polar surface area (TPSA) is 82.2 Å². The molecule has 7 heteroatoms. The van der Waals surface area contributed by atoms with Crippen LogP contribution in [0.4, 0.5) is 5.69 Å². The summed E-state index contributed by atoms with van der Waals surface area (Å²) >= 11 is 0. The number of carbonyl (C=O) groups excluding carboxylic acids is 1. The summed E-state index contributed by atoms with van der Waals surface area (Å²) in [6.45, 7) is 6.64. The maximum absolute atomic E-state index is 13.4. The van der Waals surface area contributed by atoms with E-state index in [9.17, 15) is 4.79 Å². The zero-order chi connectivity index (χ0) is 24.6. The number of nitrogens with zero attached hydrogens (tertiary/aromatic N) is 3. The van der Waals surface area contributed by atoms with Gasteiger partial charge in [0.25, 0.3) is 5.91 Å². The summed E-state index contributed by atoms with van der Waals surface area (Å²) in [5.74, 6) is 1.35. The van der Waals surface area contributed by atoms with Crippen molar-refractivity contribution >= 4 is 11.6 Å². The van der Waals surface area contributed by atoms with Crippen molar-refractivity contribution in [1.82, 2.24) is 14.9 Å². The van der Waals surface area contributed by atoms with Crippen LogP contribution in [0, 0.1) is 13.8 Å². The first-order chi connectivity index (χ1) is 16.9. The van der Waals surface area contributed by atoms with Gasteiger partial charge in [0.1, 0.15) is 11.5 Å². The number of amides is 1. The molecule has 180 valence electrons. The third kappa shape index (κ3) is 4.22. The summed E-state index contributed by atoms with van der Waals surface area (Å²) in [4.78, 5) is 13.4. The van der Waals surface area contributed by atoms with Gasteiger partial charge in [0.05, 0.1) is 30.7 Å². The molecule has 2 aromatic carbocycles. The van der Waals surface area contributed by atoms with Gasteiger partial charge < -0.3 is 14.6 Å². The largest absolute Gasteiger partial charge is 0.496 e. The van der Waals surface area contributed by atoms with E-state index >= 15 is 0 Å². The van der Waals surface area contributed by atoms with Crippen LogP contribution in [0.5, 0.6) is 5.75 Å². The number of fused-ring (bicyclic) bond motifs is 1. The van der Waals surface area contributed by atoms with Crippen LogP contribution in [0.2, 0.25) is 0 Å². The highest BCUT2D eigenvalue weighted by molar-refractivity contribution is 6.04. The maximum atomic E-state index is 13.4. The highest BCUT2D eigenvalue weighted by Gasteiger charge is 2.37. The number of carbonyl (C=O) groups is 1. The Bertz CT molecular complexity index is 1370. The molecule has 0 radical (unpaired) electrons. The van der Waals surface area contributed by atoms with Crippen molar-refractivity contribution in [2.24, 2.45) is 0 Å². The number of ether oxygens (including phenoxy) is 1. The molecule has 35 heavy (non-hydrogen) atoms. The number of rotatable bonds is 6. The van der Waals surface area contributed by atoms with Crippen LogP contribution in [0.1, 0.15) is 57.7 Å². The third-order valence-electron chi connectivity index (χ3n) is 7.16. The van der Waals surface area contributed by atoms with Crippen molar-refractivity contribution < 1.29 is 14.1 Å². The molecule has 0 aliphatic heterocycles. The van der Waals surface area contributed by atoms with Crippen molar-refractivity contribution in [3.63, 3.8) is 0 Å². The summed E-state index contributed by atoms with van der Waals surface area (Å²) in [6, 6.07) is 18.3. The minimum absolute atomic E-state index is 0.0691. The molecule has 1 unspecified atom stereocenters. The van der Waals surface area contributed by atoms with E-state index in [1.165, 1.54) is 5.56 Å². The Morgan fingerprint density at radius 2 is 1.89 bits per heavy atom. The van der Waals surface area contributed by atoms with Crippen LogP contribution < -0.4 is 10.1 Å². The highest BCUT2D eigenvalue weighted by Crippen LogP contribution is 2.39. The molecule has 0 saturated heterocycles. The fourth-order valence-corrected chi connectivity index (χ4v) is 5.05. The highest BCUT2D eigenvalue weighted by atomic mass is 16.5. The van der Waals surface area contributed by atoms with Crippen LogP contribution in [0.25, 0.3) is 0 Å². The van der Waals surface area contributed by atoms with Crippen LogP contribution in [-0.4, -0.2) is 28.0 Å². The number of hydrogen-bond donors (Lipinski definition) is 1. The molecule has 1 aliphatic rings. The second-order valence-electron chi connectivity index (χ2n) is 9.51. The molecule has 1 atom stereocenters. The van der Waals surface area contributed by atoms with Crippen molar-refractivity contribution in [3.05, 3.63) is 94.1 Å². The normalized spacial score (nSPS) is 17.1. The van der Waals surface area contributed by atoms with Gasteiger partial charge in [0, 0.05) is 17.5 Å². The smallest absolute Gasteiger partial charge is 0.278 e. The number of anilines is 1. The summed E-state index contributed by atoms with van der Waals surface area (Å²) in [5.41, 5.74) is 5.79. The predicted octanol–water partition coefficient (Wildman–Crippen LogP) is 5.24. The van der Waals surface area contributed by atoms with Crippen LogP contribution in [0.3, 0.4) is 0 Å². The second-order valence-corrected chi connectivity index (χ2v) is 9.51. The number of para-hydroxylation sites is 1. The standard InChI is InChI=1S/C28H30N4O3/c1-18-25(19(2)32(30-18)17-20-10-8-9-13-23(20)34-4)29-27(33)26-22-16-28(3,15-14-24(22)35-31-26)21-11-6-5-7-12-21/h5-13H,14-17H2,1-4H3,(H,29,33). The van der Waals surface area contributed by atoms with Crippen LogP contribution in [0.15, 0.2) is 59.1 Å². The van der Waals surface area contributed by atoms with Gasteiger partial charge in [-0.05, 0) is 43.7 Å². The molecule has 2 aromatic heterocycles. The summed E-state index contributed by atoms with van der Waals surface area (Å²) in [5, 5.41) is 11.9. The predicted molar refractivity (Wildman–Crippen MR) is 134 cm³/mol. The number of nitrogens with one attached hydrogen (secondary N) is 1. The lowest BCUT2D eigenvalue weighted by molar-refractivity contribution is 0.101. The average molecular weight is 471 g/mol. The molecule has 1 amide bonds. The molecule has 1 aliphatic carbocycles. The van der Waals surface area contributed by atoms with E-state index in [0.717, 1.165) is 46.9 Å². The van der Waals surface area contributed by atoms with Crippen molar-refractivity contribution in [1.29, 1.82) is 0 Å². The Morgan fingerprint density at radius 1 is 1.14 bits per heavy atom. The van der Waals surface area contributed by atoms with Gasteiger partial charge >= 0.3 is 0 Å². The SMILES string of the molecule is COc1ccccc1Cn1nc(C)c(NC(=O)c2noc3c2CC(C)(c2ccccc2)CC3)c1C. The number of aromatic nitrogens is 3. The maximum Gasteiger partial charge on any atom is 0.278 e. The lowest BCUT2D eigenvalue weighted by atomic mass is 9.70. The quantitative estimate of drug-likeness (QED) is 0.417. The van der Waals surface area contributed by atoms with Crippen LogP contribution in [-0.2, 0) is 24.8 Å². The molecule has 0 bridgehead atoms. The van der Waals surface area contributed by atoms with E-state index in [-0.39, 0.29) is 11.3 Å². The Morgan fingerprint density at radius 3 is 2.66 bits per heavy atom. The number of benzene rings is 2. The Hall–Kier alpha value is -3.87. The molecule has 2 heterocycles. The van der Waals surface area contributed by atoms with E-state index < -0.39 is 0 Å². The Labute approximate surface area is 205 Å². The zero-order valence-corrected chi connectivity index (χ0v) is 20.6. The fourth-order valence-electron chi connectivity index (χ4n) is 5.05. The summed E-state index contributed by atoms with van der Waals surface area (Å²) in [6.07, 6.45) is 2.42. The first kappa shape index (κ1) is 22.9. The van der Waals surface area contributed by atoms with Gasteiger partial charge in [-0.1, -0.05) is 60.6 Å². The van der Waals surface area contributed by atoms with Gasteiger partial charge in [-0.15, -0.1) is 0 Å². The molecule has 0 saturated carbocycles. The van der Waals surface area contributed by atoms with Crippen molar-refractivity contribution in [2.75, 3.05) is 12.4 Å². The number of methoxy groups -OCH3 is 1. The van der Waals surface area contributed by atoms with E-state index in [2.05, 4.69) is 46.8 Å². The fraction of sp³-hybridized carbons (Fsp3) is 0.321. The van der Waals surface area contributed by atoms with Crippen LogP contribution >= 0.6 is 0 Å². The van der Waals surface area contributed by atoms with E-state index in [4.69, 9.17) is 9.26 Å². The molecule has 5 rings (SSSR count). The first-order valence-corrected chi connectivity index (χ1v) is 11.9. The lowest BCUT2D eigenvalue weighted by Crippen LogP contribution is -2.31. The molecule has 1 N–H and O–H groups in total. The first-order valence-electron chi connectivity index (χ1n) is 11.9. The minimum atomic E-state index is -0.268. The second kappa shape index (κ2) is 9.06.